The number of nitrogen functional groups attached to an aromatic ring is 1. The Labute approximate surface area is 165 Å². The van der Waals surface area contributed by atoms with Gasteiger partial charge >= 0.3 is 0 Å². The van der Waals surface area contributed by atoms with Crippen molar-refractivity contribution in [3.8, 4) is 11.1 Å². The normalized spacial score (nSPS) is 11.7. The highest BCUT2D eigenvalue weighted by Crippen LogP contribution is 2.32. The minimum atomic E-state index is 0.466. The summed E-state index contributed by atoms with van der Waals surface area (Å²) in [6.45, 7) is 8.39. The maximum Gasteiger partial charge on any atom is 0.152 e. The summed E-state index contributed by atoms with van der Waals surface area (Å²) in [5.74, 6) is 1.84. The molecule has 4 aromatic rings. The molecule has 0 saturated heterocycles. The number of aromatic nitrogens is 3. The van der Waals surface area contributed by atoms with Crippen LogP contribution in [-0.4, -0.2) is 21.1 Å². The molecule has 0 amide bonds. The van der Waals surface area contributed by atoms with Crippen molar-refractivity contribution in [1.29, 1.82) is 0 Å². The molecule has 2 heterocycles. The van der Waals surface area contributed by atoms with Gasteiger partial charge in [0.05, 0.1) is 11.0 Å². The van der Waals surface area contributed by atoms with Gasteiger partial charge in [-0.2, -0.15) is 0 Å². The molecule has 0 spiro atoms. The summed E-state index contributed by atoms with van der Waals surface area (Å²) in [6, 6.07) is 16.7. The molecule has 0 fully saturated rings. The first-order chi connectivity index (χ1) is 13.6. The van der Waals surface area contributed by atoms with E-state index in [2.05, 4.69) is 53.7 Å². The lowest BCUT2D eigenvalue weighted by molar-refractivity contribution is 0.125. The van der Waals surface area contributed by atoms with Crippen LogP contribution in [0.1, 0.15) is 26.6 Å². The molecule has 2 aromatic carbocycles. The number of pyridine rings is 1. The zero-order chi connectivity index (χ0) is 19.7. The van der Waals surface area contributed by atoms with Gasteiger partial charge in [0.1, 0.15) is 17.9 Å². The van der Waals surface area contributed by atoms with Crippen LogP contribution in [0, 0.1) is 5.92 Å². The molecule has 144 valence electrons. The summed E-state index contributed by atoms with van der Waals surface area (Å²) in [6.07, 6.45) is 0. The van der Waals surface area contributed by atoms with Crippen molar-refractivity contribution in [2.24, 2.45) is 5.92 Å². The molecule has 5 nitrogen and oxygen atoms in total. The van der Waals surface area contributed by atoms with E-state index in [9.17, 15) is 0 Å². The summed E-state index contributed by atoms with van der Waals surface area (Å²) >= 11 is 0. The second-order valence-corrected chi connectivity index (χ2v) is 7.46. The lowest BCUT2D eigenvalue weighted by Crippen LogP contribution is -2.10. The van der Waals surface area contributed by atoms with Crippen molar-refractivity contribution in [2.45, 2.75) is 33.9 Å². The second kappa shape index (κ2) is 7.60. The van der Waals surface area contributed by atoms with E-state index in [0.717, 1.165) is 45.4 Å². The Hall–Kier alpha value is -2.92. The third kappa shape index (κ3) is 3.34. The zero-order valence-electron chi connectivity index (χ0n) is 16.6. The largest absolute Gasteiger partial charge is 0.382 e. The number of imidazole rings is 1. The summed E-state index contributed by atoms with van der Waals surface area (Å²) in [5, 5.41) is 1.07. The number of hydrogen-bond acceptors (Lipinski definition) is 4. The lowest BCUT2D eigenvalue weighted by atomic mass is 10.0. The van der Waals surface area contributed by atoms with Gasteiger partial charge < -0.3 is 15.0 Å². The Bertz CT molecular complexity index is 1120. The van der Waals surface area contributed by atoms with E-state index in [1.807, 2.05) is 25.1 Å². The van der Waals surface area contributed by atoms with Crippen molar-refractivity contribution in [2.75, 3.05) is 12.3 Å². The first-order valence-electron chi connectivity index (χ1n) is 9.80. The van der Waals surface area contributed by atoms with Gasteiger partial charge in [0.2, 0.25) is 0 Å². The van der Waals surface area contributed by atoms with E-state index in [0.29, 0.717) is 24.9 Å². The molecular weight excluding hydrogens is 348 g/mol. The van der Waals surface area contributed by atoms with Gasteiger partial charge in [-0.25, -0.2) is 9.97 Å². The monoisotopic (exact) mass is 374 g/mol. The average molecular weight is 374 g/mol. The fourth-order valence-corrected chi connectivity index (χ4v) is 3.63. The highest BCUT2D eigenvalue weighted by molar-refractivity contribution is 6.07. The van der Waals surface area contributed by atoms with Crippen LogP contribution in [0.25, 0.3) is 33.1 Å². The van der Waals surface area contributed by atoms with Crippen molar-refractivity contribution in [3.05, 3.63) is 54.4 Å². The van der Waals surface area contributed by atoms with Gasteiger partial charge in [-0.15, -0.1) is 0 Å². The third-order valence-electron chi connectivity index (χ3n) is 4.87. The zero-order valence-corrected chi connectivity index (χ0v) is 16.6. The molecule has 0 aliphatic rings. The molecule has 0 unspecified atom stereocenters. The molecule has 28 heavy (non-hydrogen) atoms. The van der Waals surface area contributed by atoms with Crippen molar-refractivity contribution < 1.29 is 4.74 Å². The average Bonchev–Trinajstić information content (AvgIpc) is 3.05. The molecule has 0 saturated carbocycles. The van der Waals surface area contributed by atoms with Crippen molar-refractivity contribution in [3.63, 3.8) is 0 Å². The van der Waals surface area contributed by atoms with Crippen LogP contribution in [0.2, 0.25) is 0 Å². The Morgan fingerprint density at radius 2 is 1.82 bits per heavy atom. The molecule has 0 aliphatic heterocycles. The maximum absolute atomic E-state index is 6.32. The van der Waals surface area contributed by atoms with E-state index >= 15 is 0 Å². The summed E-state index contributed by atoms with van der Waals surface area (Å²) in [5.41, 5.74) is 11.3. The van der Waals surface area contributed by atoms with Gasteiger partial charge in [-0.1, -0.05) is 56.3 Å². The predicted octanol–water partition coefficient (Wildman–Crippen LogP) is 5.03. The lowest BCUT2D eigenvalue weighted by Gasteiger charge is -2.13. The van der Waals surface area contributed by atoms with Gasteiger partial charge in [0, 0.05) is 18.5 Å². The van der Waals surface area contributed by atoms with Crippen LogP contribution >= 0.6 is 0 Å². The summed E-state index contributed by atoms with van der Waals surface area (Å²) < 4.78 is 7.90. The number of rotatable bonds is 6. The molecule has 0 atom stereocenters. The Morgan fingerprint density at radius 1 is 1.04 bits per heavy atom. The SMILES string of the molecule is CCOCc1nc2c(N)nc3cc(-c4ccccc4)ccc3c2n1CC(C)C. The molecule has 5 heteroatoms. The number of benzene rings is 2. The molecule has 0 aliphatic carbocycles. The van der Waals surface area contributed by atoms with E-state index in [1.54, 1.807) is 0 Å². The van der Waals surface area contributed by atoms with Gasteiger partial charge in [0.25, 0.3) is 0 Å². The van der Waals surface area contributed by atoms with Crippen molar-refractivity contribution in [1.82, 2.24) is 14.5 Å². The number of hydrogen-bond donors (Lipinski definition) is 1. The van der Waals surface area contributed by atoms with E-state index in [4.69, 9.17) is 15.5 Å². The molecule has 2 aromatic heterocycles. The van der Waals surface area contributed by atoms with Crippen LogP contribution in [0.5, 0.6) is 0 Å². The molecule has 2 N–H and O–H groups in total. The van der Waals surface area contributed by atoms with E-state index in [1.165, 1.54) is 0 Å². The topological polar surface area (TPSA) is 66.0 Å². The number of ether oxygens (including phenoxy) is 1. The second-order valence-electron chi connectivity index (χ2n) is 7.46. The highest BCUT2D eigenvalue weighted by atomic mass is 16.5. The number of nitrogens with zero attached hydrogens (tertiary/aromatic N) is 3. The standard InChI is InChI=1S/C23H26N4O/c1-4-28-14-20-26-21-22(27(20)13-15(2)3)18-11-10-17(12-19(18)25-23(21)24)16-8-6-5-7-9-16/h5-12,15H,4,13-14H2,1-3H3,(H2,24,25). The first-order valence-corrected chi connectivity index (χ1v) is 9.80. The number of fused-ring (bicyclic) bond motifs is 3. The number of anilines is 1. The minimum absolute atomic E-state index is 0.466. The van der Waals surface area contributed by atoms with Crippen LogP contribution in [0.3, 0.4) is 0 Å². The molecular formula is C23H26N4O. The quantitative estimate of drug-likeness (QED) is 0.514. The first kappa shape index (κ1) is 18.4. The van der Waals surface area contributed by atoms with Crippen LogP contribution < -0.4 is 5.73 Å². The molecule has 0 bridgehead atoms. The maximum atomic E-state index is 6.32. The summed E-state index contributed by atoms with van der Waals surface area (Å²) in [7, 11) is 0. The molecule has 4 rings (SSSR count). The van der Waals surface area contributed by atoms with Crippen LogP contribution in [0.4, 0.5) is 5.82 Å². The fourth-order valence-electron chi connectivity index (χ4n) is 3.63. The third-order valence-corrected chi connectivity index (χ3v) is 4.87. The number of nitrogens with two attached hydrogens (primary N) is 1. The van der Waals surface area contributed by atoms with Crippen LogP contribution in [0.15, 0.2) is 48.5 Å². The van der Waals surface area contributed by atoms with Crippen LogP contribution in [-0.2, 0) is 17.9 Å². The smallest absolute Gasteiger partial charge is 0.152 e. The summed E-state index contributed by atoms with van der Waals surface area (Å²) in [4.78, 5) is 9.45. The minimum Gasteiger partial charge on any atom is -0.382 e. The van der Waals surface area contributed by atoms with Gasteiger partial charge in [0.15, 0.2) is 5.82 Å². The van der Waals surface area contributed by atoms with E-state index in [-0.39, 0.29) is 0 Å². The van der Waals surface area contributed by atoms with Gasteiger partial charge in [-0.05, 0) is 30.0 Å². The van der Waals surface area contributed by atoms with E-state index < -0.39 is 0 Å². The highest BCUT2D eigenvalue weighted by Gasteiger charge is 2.18. The Balaban J connectivity index is 1.95. The Kier molecular flexibility index (Phi) is 5.01. The van der Waals surface area contributed by atoms with Crippen molar-refractivity contribution >= 4 is 27.8 Å². The van der Waals surface area contributed by atoms with Gasteiger partial charge in [-0.3, -0.25) is 0 Å². The predicted molar refractivity (Wildman–Crippen MR) is 115 cm³/mol. The Morgan fingerprint density at radius 3 is 2.54 bits per heavy atom. The molecule has 0 radical (unpaired) electrons. The fraction of sp³-hybridized carbons (Fsp3) is 0.304.